The number of H-pyrrole nitrogens is 1. The molecule has 0 atom stereocenters. The number of nitrogens with zero attached hydrogens (tertiary/aromatic N) is 4. The lowest BCUT2D eigenvalue weighted by Gasteiger charge is -1.96. The Balaban J connectivity index is 2.51. The zero-order valence-electron chi connectivity index (χ0n) is 6.89. The van der Waals surface area contributed by atoms with Crippen LogP contribution in [0, 0.1) is 3.95 Å². The van der Waals surface area contributed by atoms with Crippen molar-refractivity contribution >= 4 is 23.6 Å². The van der Waals surface area contributed by atoms with Gasteiger partial charge in [-0.1, -0.05) is 16.6 Å². The van der Waals surface area contributed by atoms with Crippen LogP contribution in [0.25, 0.3) is 10.7 Å². The summed E-state index contributed by atoms with van der Waals surface area (Å²) in [6, 6.07) is 0. The van der Waals surface area contributed by atoms with Crippen molar-refractivity contribution in [2.24, 2.45) is 0 Å². The predicted octanol–water partition coefficient (Wildman–Crippen LogP) is 1.48. The molecular weight excluding hydrogens is 206 g/mol. The molecule has 7 heteroatoms. The summed E-state index contributed by atoms with van der Waals surface area (Å²) in [6.45, 7) is 2.78. The van der Waals surface area contributed by atoms with Crippen molar-refractivity contribution in [3.63, 3.8) is 0 Å². The summed E-state index contributed by atoms with van der Waals surface area (Å²) in [5, 5.41) is 15.3. The Morgan fingerprint density at radius 2 is 2.54 bits per heavy atom. The highest BCUT2D eigenvalue weighted by Gasteiger charge is 2.08. The Kier molecular flexibility index (Phi) is 2.19. The van der Waals surface area contributed by atoms with Gasteiger partial charge in [-0.3, -0.25) is 5.10 Å². The van der Waals surface area contributed by atoms with Crippen LogP contribution in [0.3, 0.4) is 0 Å². The van der Waals surface area contributed by atoms with Gasteiger partial charge in [-0.2, -0.15) is 5.10 Å². The van der Waals surface area contributed by atoms with Crippen molar-refractivity contribution in [1.29, 1.82) is 0 Å². The third kappa shape index (κ3) is 1.52. The SMILES string of the molecule is CCn1nncc1-c1n[nH]c(=S)s1. The molecule has 5 nitrogen and oxygen atoms in total. The maximum absolute atomic E-state index is 4.94. The van der Waals surface area contributed by atoms with E-state index in [0.29, 0.717) is 3.95 Å². The van der Waals surface area contributed by atoms with Gasteiger partial charge in [0, 0.05) is 6.54 Å². The van der Waals surface area contributed by atoms with Gasteiger partial charge in [0.2, 0.25) is 0 Å². The Morgan fingerprint density at radius 3 is 3.15 bits per heavy atom. The number of aromatic amines is 1. The summed E-state index contributed by atoms with van der Waals surface area (Å²) in [5.41, 5.74) is 0.903. The van der Waals surface area contributed by atoms with Gasteiger partial charge in [0.1, 0.15) is 5.69 Å². The van der Waals surface area contributed by atoms with Gasteiger partial charge in [-0.25, -0.2) is 4.68 Å². The van der Waals surface area contributed by atoms with E-state index in [0.717, 1.165) is 17.2 Å². The summed E-state index contributed by atoms with van der Waals surface area (Å²) >= 11 is 6.36. The van der Waals surface area contributed by atoms with Crippen molar-refractivity contribution in [2.45, 2.75) is 13.5 Å². The quantitative estimate of drug-likeness (QED) is 0.768. The first kappa shape index (κ1) is 8.52. The third-order valence-corrected chi connectivity index (χ3v) is 2.69. The lowest BCUT2D eigenvalue weighted by molar-refractivity contribution is 0.632. The molecule has 68 valence electrons. The van der Waals surface area contributed by atoms with Gasteiger partial charge >= 0.3 is 0 Å². The van der Waals surface area contributed by atoms with E-state index in [4.69, 9.17) is 12.2 Å². The van der Waals surface area contributed by atoms with Crippen molar-refractivity contribution in [2.75, 3.05) is 0 Å². The Morgan fingerprint density at radius 1 is 1.69 bits per heavy atom. The number of hydrogen-bond acceptors (Lipinski definition) is 5. The second-order valence-electron chi connectivity index (χ2n) is 2.35. The molecule has 2 heterocycles. The molecule has 2 aromatic rings. The molecule has 1 N–H and O–H groups in total. The maximum atomic E-state index is 4.94. The van der Waals surface area contributed by atoms with Gasteiger partial charge in [0.25, 0.3) is 0 Å². The number of nitrogens with one attached hydrogen (secondary N) is 1. The van der Waals surface area contributed by atoms with Crippen LogP contribution < -0.4 is 0 Å². The first-order valence-corrected chi connectivity index (χ1v) is 4.98. The van der Waals surface area contributed by atoms with Crippen LogP contribution in [0.5, 0.6) is 0 Å². The van der Waals surface area contributed by atoms with Crippen LogP contribution in [0.1, 0.15) is 6.92 Å². The van der Waals surface area contributed by atoms with Crippen molar-refractivity contribution in [1.82, 2.24) is 25.2 Å². The van der Waals surface area contributed by atoms with E-state index in [-0.39, 0.29) is 0 Å². The fourth-order valence-electron chi connectivity index (χ4n) is 0.996. The molecule has 13 heavy (non-hydrogen) atoms. The molecule has 0 aliphatic heterocycles. The minimum absolute atomic E-state index is 0.666. The number of aromatic nitrogens is 5. The molecule has 0 spiro atoms. The molecule has 0 unspecified atom stereocenters. The minimum Gasteiger partial charge on any atom is -0.258 e. The summed E-state index contributed by atoms with van der Waals surface area (Å²) in [7, 11) is 0. The van der Waals surface area contributed by atoms with Gasteiger partial charge in [-0.15, -0.1) is 5.10 Å². The van der Waals surface area contributed by atoms with Crippen LogP contribution in [-0.2, 0) is 6.54 Å². The van der Waals surface area contributed by atoms with E-state index in [1.165, 1.54) is 11.3 Å². The normalized spacial score (nSPS) is 10.5. The molecule has 0 aliphatic carbocycles. The van der Waals surface area contributed by atoms with Crippen LogP contribution in [0.4, 0.5) is 0 Å². The minimum atomic E-state index is 0.666. The number of rotatable bonds is 2. The van der Waals surface area contributed by atoms with Crippen molar-refractivity contribution < 1.29 is 0 Å². The van der Waals surface area contributed by atoms with Gasteiger partial charge in [-0.05, 0) is 19.1 Å². The second kappa shape index (κ2) is 3.35. The van der Waals surface area contributed by atoms with Crippen LogP contribution in [-0.4, -0.2) is 25.2 Å². The van der Waals surface area contributed by atoms with Crippen LogP contribution in [0.2, 0.25) is 0 Å². The highest BCUT2D eigenvalue weighted by molar-refractivity contribution is 7.73. The third-order valence-electron chi connectivity index (χ3n) is 1.57. The monoisotopic (exact) mass is 213 g/mol. The van der Waals surface area contributed by atoms with Crippen LogP contribution in [0.15, 0.2) is 6.20 Å². The average molecular weight is 213 g/mol. The predicted molar refractivity (Wildman–Crippen MR) is 52.0 cm³/mol. The molecule has 0 aliphatic rings. The molecular formula is C6H7N5S2. The summed E-state index contributed by atoms with van der Waals surface area (Å²) in [6.07, 6.45) is 1.69. The van der Waals surface area contributed by atoms with E-state index in [9.17, 15) is 0 Å². The zero-order valence-corrected chi connectivity index (χ0v) is 8.52. The van der Waals surface area contributed by atoms with E-state index in [2.05, 4.69) is 20.5 Å². The number of aryl methyl sites for hydroxylation is 1. The first-order chi connectivity index (χ1) is 6.31. The molecule has 2 aromatic heterocycles. The zero-order chi connectivity index (χ0) is 9.26. The largest absolute Gasteiger partial charge is 0.258 e. The highest BCUT2D eigenvalue weighted by Crippen LogP contribution is 2.19. The average Bonchev–Trinajstić information content (AvgIpc) is 2.71. The topological polar surface area (TPSA) is 59.4 Å². The molecule has 0 bridgehead atoms. The lowest BCUT2D eigenvalue weighted by atomic mass is 10.5. The smallest absolute Gasteiger partial charge is 0.176 e. The van der Waals surface area contributed by atoms with Crippen molar-refractivity contribution in [3.8, 4) is 10.7 Å². The summed E-state index contributed by atoms with van der Waals surface area (Å²) in [5.74, 6) is 0. The van der Waals surface area contributed by atoms with E-state index in [1.807, 2.05) is 6.92 Å². The fourth-order valence-corrected chi connectivity index (χ4v) is 1.90. The Labute approximate surface area is 83.4 Å². The highest BCUT2D eigenvalue weighted by atomic mass is 32.1. The van der Waals surface area contributed by atoms with E-state index >= 15 is 0 Å². The van der Waals surface area contributed by atoms with E-state index in [1.54, 1.807) is 10.9 Å². The van der Waals surface area contributed by atoms with Crippen molar-refractivity contribution in [3.05, 3.63) is 10.2 Å². The van der Waals surface area contributed by atoms with Crippen LogP contribution >= 0.6 is 23.6 Å². The fraction of sp³-hybridized carbons (Fsp3) is 0.333. The summed E-state index contributed by atoms with van der Waals surface area (Å²) in [4.78, 5) is 0. The van der Waals surface area contributed by atoms with Gasteiger partial charge in [0.15, 0.2) is 8.96 Å². The molecule has 0 fully saturated rings. The van der Waals surface area contributed by atoms with Gasteiger partial charge in [0.05, 0.1) is 6.20 Å². The Bertz CT molecular complexity index is 453. The second-order valence-corrected chi connectivity index (χ2v) is 4.02. The Hall–Kier alpha value is -1.08. The lowest BCUT2D eigenvalue weighted by Crippen LogP contribution is -1.98. The molecule has 0 saturated carbocycles. The van der Waals surface area contributed by atoms with E-state index < -0.39 is 0 Å². The maximum Gasteiger partial charge on any atom is 0.176 e. The molecule has 0 aromatic carbocycles. The molecule has 0 amide bonds. The standard InChI is InChI=1S/C6H7N5S2/c1-2-11-4(3-7-10-11)5-8-9-6(12)13-5/h3H,2H2,1H3,(H,9,12). The molecule has 0 saturated heterocycles. The first-order valence-electron chi connectivity index (χ1n) is 3.75. The molecule has 2 rings (SSSR count). The summed E-state index contributed by atoms with van der Waals surface area (Å²) < 4.78 is 2.44. The number of hydrogen-bond donors (Lipinski definition) is 1. The van der Waals surface area contributed by atoms with Gasteiger partial charge < -0.3 is 0 Å². The molecule has 0 radical (unpaired) electrons.